The van der Waals surface area contributed by atoms with Crippen LogP contribution in [0.2, 0.25) is 5.02 Å². The van der Waals surface area contributed by atoms with E-state index in [4.69, 9.17) is 20.8 Å². The molecule has 6 heteroatoms. The van der Waals surface area contributed by atoms with Gasteiger partial charge in [0.05, 0.1) is 5.39 Å². The maximum atomic E-state index is 13.3. The van der Waals surface area contributed by atoms with Gasteiger partial charge in [0.2, 0.25) is 11.2 Å². The van der Waals surface area contributed by atoms with Gasteiger partial charge < -0.3 is 14.5 Å². The van der Waals surface area contributed by atoms with Crippen molar-refractivity contribution >= 4 is 28.5 Å². The quantitative estimate of drug-likeness (QED) is 0.396. The number of ether oxygens (including phenoxy) is 1. The molecule has 0 aliphatic rings. The lowest BCUT2D eigenvalue weighted by molar-refractivity contribution is -0.123. The van der Waals surface area contributed by atoms with Crippen molar-refractivity contribution in [3.63, 3.8) is 0 Å². The normalized spacial score (nSPS) is 10.9. The predicted molar refractivity (Wildman–Crippen MR) is 131 cm³/mol. The first-order valence-corrected chi connectivity index (χ1v) is 11.1. The summed E-state index contributed by atoms with van der Waals surface area (Å²) in [5.41, 5.74) is 3.73. The number of amides is 1. The Hall–Kier alpha value is -3.57. The predicted octanol–water partition coefficient (Wildman–Crippen LogP) is 5.47. The second-order valence-corrected chi connectivity index (χ2v) is 8.33. The van der Waals surface area contributed by atoms with E-state index in [0.717, 1.165) is 16.7 Å². The summed E-state index contributed by atoms with van der Waals surface area (Å²) in [6, 6.07) is 20.7. The molecule has 0 fully saturated rings. The number of benzene rings is 3. The Balaban J connectivity index is 1.59. The number of halogens is 1. The molecule has 0 aliphatic carbocycles. The van der Waals surface area contributed by atoms with E-state index in [-0.39, 0.29) is 29.5 Å². The lowest BCUT2D eigenvalue weighted by atomic mass is 10.1. The minimum atomic E-state index is -0.370. The van der Waals surface area contributed by atoms with Crippen LogP contribution in [-0.2, 0) is 11.2 Å². The van der Waals surface area contributed by atoms with Crippen LogP contribution in [0.3, 0.4) is 0 Å². The Morgan fingerprint density at radius 2 is 1.76 bits per heavy atom. The first kappa shape index (κ1) is 22.6. The van der Waals surface area contributed by atoms with Crippen LogP contribution in [-0.4, -0.2) is 19.1 Å². The number of fused-ring (bicyclic) bond motifs is 1. The molecule has 0 aliphatic heterocycles. The summed E-state index contributed by atoms with van der Waals surface area (Å²) in [4.78, 5) is 25.7. The number of nitrogens with one attached hydrogen (secondary N) is 1. The molecule has 168 valence electrons. The highest BCUT2D eigenvalue weighted by Gasteiger charge is 2.19. The van der Waals surface area contributed by atoms with Gasteiger partial charge in [-0.3, -0.25) is 9.59 Å². The van der Waals surface area contributed by atoms with Gasteiger partial charge >= 0.3 is 0 Å². The van der Waals surface area contributed by atoms with Crippen molar-refractivity contribution in [2.24, 2.45) is 0 Å². The van der Waals surface area contributed by atoms with E-state index in [1.165, 1.54) is 0 Å². The number of hydrogen-bond acceptors (Lipinski definition) is 4. The molecular formula is C27H24ClNO4. The fraction of sp³-hybridized carbons (Fsp3) is 0.185. The Labute approximate surface area is 197 Å². The van der Waals surface area contributed by atoms with Crippen LogP contribution in [0.5, 0.6) is 5.75 Å². The standard InChI is InChI=1S/C27H24ClNO4/c1-17-8-10-20(11-9-17)26-27(25(31)21-15-22(28)18(2)14-23(21)33-26)32-16-24(30)29-13-12-19-6-4-3-5-7-19/h3-11,14-15H,12-13,16H2,1-2H3,(H,29,30). The average Bonchev–Trinajstić information content (AvgIpc) is 2.81. The van der Waals surface area contributed by atoms with E-state index in [0.29, 0.717) is 34.5 Å². The van der Waals surface area contributed by atoms with E-state index in [1.54, 1.807) is 12.1 Å². The van der Waals surface area contributed by atoms with Crippen molar-refractivity contribution in [3.8, 4) is 17.1 Å². The molecular weight excluding hydrogens is 438 g/mol. The molecule has 0 radical (unpaired) electrons. The van der Waals surface area contributed by atoms with E-state index < -0.39 is 0 Å². The summed E-state index contributed by atoms with van der Waals surface area (Å²) in [7, 11) is 0. The fourth-order valence-corrected chi connectivity index (χ4v) is 3.67. The summed E-state index contributed by atoms with van der Waals surface area (Å²) < 4.78 is 11.8. The molecule has 0 atom stereocenters. The van der Waals surface area contributed by atoms with Gasteiger partial charge in [-0.15, -0.1) is 0 Å². The minimum absolute atomic E-state index is 0.00974. The number of rotatable bonds is 7. The molecule has 3 aromatic carbocycles. The maximum Gasteiger partial charge on any atom is 0.257 e. The second kappa shape index (κ2) is 9.92. The Kier molecular flexibility index (Phi) is 6.80. The van der Waals surface area contributed by atoms with Gasteiger partial charge in [0.15, 0.2) is 12.4 Å². The van der Waals surface area contributed by atoms with E-state index in [1.807, 2.05) is 68.4 Å². The molecule has 1 N–H and O–H groups in total. The highest BCUT2D eigenvalue weighted by atomic mass is 35.5. The molecule has 0 unspecified atom stereocenters. The van der Waals surface area contributed by atoms with Crippen LogP contribution >= 0.6 is 11.6 Å². The Bertz CT molecular complexity index is 1340. The molecule has 0 bridgehead atoms. The highest BCUT2D eigenvalue weighted by Crippen LogP contribution is 2.32. The lowest BCUT2D eigenvalue weighted by Gasteiger charge is -2.13. The zero-order chi connectivity index (χ0) is 23.4. The number of carbonyl (C=O) groups excluding carboxylic acids is 1. The molecule has 1 heterocycles. The topological polar surface area (TPSA) is 68.5 Å². The van der Waals surface area contributed by atoms with Gasteiger partial charge in [-0.05, 0) is 43.5 Å². The average molecular weight is 462 g/mol. The molecule has 0 saturated heterocycles. The van der Waals surface area contributed by atoms with Crippen molar-refractivity contribution < 1.29 is 13.9 Å². The third kappa shape index (κ3) is 5.26. The number of aryl methyl sites for hydroxylation is 2. The second-order valence-electron chi connectivity index (χ2n) is 7.93. The third-order valence-corrected chi connectivity index (χ3v) is 5.78. The van der Waals surface area contributed by atoms with Gasteiger partial charge in [-0.2, -0.15) is 0 Å². The zero-order valence-corrected chi connectivity index (χ0v) is 19.2. The molecule has 1 aromatic heterocycles. The van der Waals surface area contributed by atoms with Crippen molar-refractivity contribution in [1.29, 1.82) is 0 Å². The molecule has 4 aromatic rings. The zero-order valence-electron chi connectivity index (χ0n) is 18.5. The van der Waals surface area contributed by atoms with Gasteiger partial charge in [0, 0.05) is 17.1 Å². The maximum absolute atomic E-state index is 13.3. The van der Waals surface area contributed by atoms with Crippen molar-refractivity contribution in [2.45, 2.75) is 20.3 Å². The third-order valence-electron chi connectivity index (χ3n) is 5.37. The van der Waals surface area contributed by atoms with Crippen LogP contribution in [0, 0.1) is 13.8 Å². The summed E-state index contributed by atoms with van der Waals surface area (Å²) >= 11 is 6.24. The van der Waals surface area contributed by atoms with Crippen molar-refractivity contribution in [1.82, 2.24) is 5.32 Å². The number of hydrogen-bond donors (Lipinski definition) is 1. The fourth-order valence-electron chi connectivity index (χ4n) is 3.50. The minimum Gasteiger partial charge on any atom is -0.476 e. The number of carbonyl (C=O) groups is 1. The Morgan fingerprint density at radius 1 is 1.03 bits per heavy atom. The SMILES string of the molecule is Cc1ccc(-c2oc3cc(C)c(Cl)cc3c(=O)c2OCC(=O)NCCc2ccccc2)cc1. The summed E-state index contributed by atoms with van der Waals surface area (Å²) in [5, 5.41) is 3.59. The summed E-state index contributed by atoms with van der Waals surface area (Å²) in [6.45, 7) is 3.99. The van der Waals surface area contributed by atoms with Crippen molar-refractivity contribution in [2.75, 3.05) is 13.2 Å². The highest BCUT2D eigenvalue weighted by molar-refractivity contribution is 6.32. The van der Waals surface area contributed by atoms with E-state index >= 15 is 0 Å². The van der Waals surface area contributed by atoms with Gasteiger partial charge in [0.25, 0.3) is 5.91 Å². The summed E-state index contributed by atoms with van der Waals surface area (Å²) in [5.74, 6) is -0.0435. The van der Waals surface area contributed by atoms with Crippen LogP contribution in [0.15, 0.2) is 75.9 Å². The molecule has 5 nitrogen and oxygen atoms in total. The molecule has 0 saturated carbocycles. The first-order valence-electron chi connectivity index (χ1n) is 10.7. The molecule has 1 amide bonds. The van der Waals surface area contributed by atoms with Gasteiger partial charge in [-0.25, -0.2) is 0 Å². The lowest BCUT2D eigenvalue weighted by Crippen LogP contribution is -2.31. The van der Waals surface area contributed by atoms with Gasteiger partial charge in [-0.1, -0.05) is 71.8 Å². The Morgan fingerprint density at radius 3 is 2.48 bits per heavy atom. The van der Waals surface area contributed by atoms with Crippen molar-refractivity contribution in [3.05, 3.63) is 98.7 Å². The largest absolute Gasteiger partial charge is 0.476 e. The van der Waals surface area contributed by atoms with Crippen LogP contribution in [0.1, 0.15) is 16.7 Å². The summed E-state index contributed by atoms with van der Waals surface area (Å²) in [6.07, 6.45) is 0.706. The smallest absolute Gasteiger partial charge is 0.257 e. The monoisotopic (exact) mass is 461 g/mol. The first-order chi connectivity index (χ1) is 15.9. The molecule has 4 rings (SSSR count). The van der Waals surface area contributed by atoms with Gasteiger partial charge in [0.1, 0.15) is 5.58 Å². The van der Waals surface area contributed by atoms with E-state index in [2.05, 4.69) is 5.32 Å². The van der Waals surface area contributed by atoms with Crippen LogP contribution in [0.4, 0.5) is 0 Å². The van der Waals surface area contributed by atoms with E-state index in [9.17, 15) is 9.59 Å². The molecule has 33 heavy (non-hydrogen) atoms. The van der Waals surface area contributed by atoms with Crippen LogP contribution < -0.4 is 15.5 Å². The van der Waals surface area contributed by atoms with Crippen LogP contribution in [0.25, 0.3) is 22.3 Å². The molecule has 0 spiro atoms.